The summed E-state index contributed by atoms with van der Waals surface area (Å²) in [4.78, 5) is 31.4. The summed E-state index contributed by atoms with van der Waals surface area (Å²) >= 11 is 0. The predicted octanol–water partition coefficient (Wildman–Crippen LogP) is 2.73. The van der Waals surface area contributed by atoms with Gasteiger partial charge in [-0.15, -0.1) is 0 Å². The van der Waals surface area contributed by atoms with Crippen molar-refractivity contribution in [2.24, 2.45) is 0 Å². The first-order valence-corrected chi connectivity index (χ1v) is 7.52. The lowest BCUT2D eigenvalue weighted by molar-refractivity contribution is -0.141. The van der Waals surface area contributed by atoms with Crippen molar-refractivity contribution in [2.75, 3.05) is 17.7 Å². The monoisotopic (exact) mass is 328 g/mol. The van der Waals surface area contributed by atoms with Crippen molar-refractivity contribution >= 4 is 29.2 Å². The number of anilines is 3. The van der Waals surface area contributed by atoms with Crippen molar-refractivity contribution in [3.8, 4) is 0 Å². The van der Waals surface area contributed by atoms with E-state index in [2.05, 4.69) is 25.3 Å². The van der Waals surface area contributed by atoms with Crippen LogP contribution in [0.4, 0.5) is 17.3 Å². The Morgan fingerprint density at radius 3 is 2.17 bits per heavy atom. The summed E-state index contributed by atoms with van der Waals surface area (Å²) in [6.45, 7) is 3.82. The van der Waals surface area contributed by atoms with Gasteiger partial charge in [0, 0.05) is 29.2 Å². The predicted molar refractivity (Wildman–Crippen MR) is 91.1 cm³/mol. The van der Waals surface area contributed by atoms with Crippen LogP contribution in [-0.4, -0.2) is 29.0 Å². The lowest BCUT2D eigenvalue weighted by Gasteiger charge is -2.08. The lowest BCUT2D eigenvalue weighted by Crippen LogP contribution is -2.13. The molecule has 2 rings (SSSR count). The molecule has 0 spiro atoms. The SMILES string of the molecule is COC(=O)CCC(=O)Nc1ccc(Nc2nc(C)cc(C)n2)cc1. The number of nitrogens with one attached hydrogen (secondary N) is 2. The highest BCUT2D eigenvalue weighted by Gasteiger charge is 2.07. The fourth-order valence-electron chi connectivity index (χ4n) is 2.09. The molecule has 0 aliphatic heterocycles. The number of ether oxygens (including phenoxy) is 1. The second-order valence-electron chi connectivity index (χ2n) is 5.30. The Kier molecular flexibility index (Phi) is 5.83. The minimum atomic E-state index is -0.404. The molecule has 0 aliphatic rings. The second-order valence-corrected chi connectivity index (χ2v) is 5.30. The van der Waals surface area contributed by atoms with Crippen LogP contribution in [0.15, 0.2) is 30.3 Å². The van der Waals surface area contributed by atoms with Gasteiger partial charge in [0.25, 0.3) is 0 Å². The highest BCUT2D eigenvalue weighted by molar-refractivity contribution is 5.92. The molecule has 0 saturated heterocycles. The third-order valence-electron chi connectivity index (χ3n) is 3.19. The third-order valence-corrected chi connectivity index (χ3v) is 3.19. The molecule has 0 bridgehead atoms. The molecule has 7 heteroatoms. The lowest BCUT2D eigenvalue weighted by atomic mass is 10.2. The van der Waals surface area contributed by atoms with Gasteiger partial charge in [0.2, 0.25) is 11.9 Å². The van der Waals surface area contributed by atoms with Crippen molar-refractivity contribution in [3.63, 3.8) is 0 Å². The number of benzene rings is 1. The van der Waals surface area contributed by atoms with Crippen LogP contribution in [0.3, 0.4) is 0 Å². The molecule has 1 heterocycles. The Morgan fingerprint density at radius 1 is 1.00 bits per heavy atom. The average Bonchev–Trinajstić information content (AvgIpc) is 2.53. The molecule has 24 heavy (non-hydrogen) atoms. The molecule has 1 aromatic carbocycles. The van der Waals surface area contributed by atoms with Gasteiger partial charge in [-0.3, -0.25) is 9.59 Å². The molecule has 7 nitrogen and oxygen atoms in total. The number of rotatable bonds is 6. The van der Waals surface area contributed by atoms with Crippen molar-refractivity contribution in [3.05, 3.63) is 41.7 Å². The van der Waals surface area contributed by atoms with Crippen molar-refractivity contribution < 1.29 is 14.3 Å². The second kappa shape index (κ2) is 8.05. The largest absolute Gasteiger partial charge is 0.469 e. The van der Waals surface area contributed by atoms with Crippen LogP contribution in [-0.2, 0) is 14.3 Å². The molecule has 1 aromatic heterocycles. The van der Waals surface area contributed by atoms with E-state index in [-0.39, 0.29) is 18.7 Å². The zero-order chi connectivity index (χ0) is 17.5. The van der Waals surface area contributed by atoms with Gasteiger partial charge >= 0.3 is 5.97 Å². The smallest absolute Gasteiger partial charge is 0.306 e. The van der Waals surface area contributed by atoms with Gasteiger partial charge in [0.05, 0.1) is 13.5 Å². The summed E-state index contributed by atoms with van der Waals surface area (Å²) < 4.78 is 4.50. The summed E-state index contributed by atoms with van der Waals surface area (Å²) in [6.07, 6.45) is 0.148. The molecule has 0 saturated carbocycles. The van der Waals surface area contributed by atoms with E-state index in [1.165, 1.54) is 7.11 Å². The number of carbonyl (C=O) groups excluding carboxylic acids is 2. The van der Waals surface area contributed by atoms with Crippen LogP contribution >= 0.6 is 0 Å². The third kappa shape index (κ3) is 5.35. The van der Waals surface area contributed by atoms with Gasteiger partial charge < -0.3 is 15.4 Å². The number of aromatic nitrogens is 2. The van der Waals surface area contributed by atoms with Crippen molar-refractivity contribution in [1.82, 2.24) is 9.97 Å². The Bertz CT molecular complexity index is 709. The maximum atomic E-state index is 11.7. The first kappa shape index (κ1) is 17.4. The van der Waals surface area contributed by atoms with E-state index in [1.807, 2.05) is 32.0 Å². The summed E-state index contributed by atoms with van der Waals surface area (Å²) in [7, 11) is 1.30. The van der Waals surface area contributed by atoms with E-state index in [1.54, 1.807) is 12.1 Å². The number of methoxy groups -OCH3 is 1. The molecule has 1 amide bonds. The van der Waals surface area contributed by atoms with Crippen LogP contribution < -0.4 is 10.6 Å². The van der Waals surface area contributed by atoms with E-state index < -0.39 is 5.97 Å². The zero-order valence-corrected chi connectivity index (χ0v) is 13.9. The van der Waals surface area contributed by atoms with Crippen LogP contribution in [0, 0.1) is 13.8 Å². The Balaban J connectivity index is 1.93. The first-order valence-electron chi connectivity index (χ1n) is 7.52. The van der Waals surface area contributed by atoms with Crippen molar-refractivity contribution in [1.29, 1.82) is 0 Å². The zero-order valence-electron chi connectivity index (χ0n) is 13.9. The standard InChI is InChI=1S/C17H20N4O3/c1-11-10-12(2)19-17(18-11)21-14-6-4-13(5-7-14)20-15(22)8-9-16(23)24-3/h4-7,10H,8-9H2,1-3H3,(H,20,22)(H,18,19,21). The Hall–Kier alpha value is -2.96. The number of aryl methyl sites for hydroxylation is 2. The maximum Gasteiger partial charge on any atom is 0.306 e. The van der Waals surface area contributed by atoms with Crippen LogP contribution in [0.1, 0.15) is 24.2 Å². The van der Waals surface area contributed by atoms with Gasteiger partial charge in [0.1, 0.15) is 0 Å². The number of amides is 1. The number of esters is 1. The maximum absolute atomic E-state index is 11.7. The highest BCUT2D eigenvalue weighted by atomic mass is 16.5. The fourth-order valence-corrected chi connectivity index (χ4v) is 2.09. The highest BCUT2D eigenvalue weighted by Crippen LogP contribution is 2.17. The number of carbonyl (C=O) groups is 2. The van der Waals surface area contributed by atoms with E-state index in [0.29, 0.717) is 11.6 Å². The summed E-state index contributed by atoms with van der Waals surface area (Å²) in [5, 5.41) is 5.84. The summed E-state index contributed by atoms with van der Waals surface area (Å²) in [5.74, 6) is -0.112. The summed E-state index contributed by atoms with van der Waals surface area (Å²) in [6, 6.07) is 9.06. The normalized spacial score (nSPS) is 10.1. The number of nitrogens with zero attached hydrogens (tertiary/aromatic N) is 2. The van der Waals surface area contributed by atoms with Gasteiger partial charge in [-0.1, -0.05) is 0 Å². The molecular formula is C17H20N4O3. The molecule has 126 valence electrons. The molecule has 2 N–H and O–H groups in total. The van der Waals surface area contributed by atoms with E-state index in [0.717, 1.165) is 17.1 Å². The Morgan fingerprint density at radius 2 is 1.58 bits per heavy atom. The number of hydrogen-bond donors (Lipinski definition) is 2. The Labute approximate surface area is 140 Å². The quantitative estimate of drug-likeness (QED) is 0.792. The van der Waals surface area contributed by atoms with Gasteiger partial charge in [0.15, 0.2) is 0 Å². The minimum absolute atomic E-state index is 0.0615. The van der Waals surface area contributed by atoms with Crippen molar-refractivity contribution in [2.45, 2.75) is 26.7 Å². The van der Waals surface area contributed by atoms with E-state index in [9.17, 15) is 9.59 Å². The van der Waals surface area contributed by atoms with Crippen LogP contribution in [0.25, 0.3) is 0 Å². The molecule has 0 unspecified atom stereocenters. The molecule has 2 aromatic rings. The average molecular weight is 328 g/mol. The topological polar surface area (TPSA) is 93.2 Å². The van der Waals surface area contributed by atoms with Gasteiger partial charge in [-0.2, -0.15) is 0 Å². The summed E-state index contributed by atoms with van der Waals surface area (Å²) in [5.41, 5.74) is 3.24. The molecular weight excluding hydrogens is 308 g/mol. The fraction of sp³-hybridized carbons (Fsp3) is 0.294. The number of hydrogen-bond acceptors (Lipinski definition) is 6. The van der Waals surface area contributed by atoms with E-state index in [4.69, 9.17) is 0 Å². The molecule has 0 atom stereocenters. The van der Waals surface area contributed by atoms with Gasteiger partial charge in [-0.25, -0.2) is 9.97 Å². The van der Waals surface area contributed by atoms with E-state index >= 15 is 0 Å². The molecule has 0 fully saturated rings. The molecule has 0 aliphatic carbocycles. The molecule has 0 radical (unpaired) electrons. The minimum Gasteiger partial charge on any atom is -0.469 e. The first-order chi connectivity index (χ1) is 11.5. The van der Waals surface area contributed by atoms with Crippen LogP contribution in [0.5, 0.6) is 0 Å². The van der Waals surface area contributed by atoms with Crippen LogP contribution in [0.2, 0.25) is 0 Å². The van der Waals surface area contributed by atoms with Gasteiger partial charge in [-0.05, 0) is 44.2 Å².